The number of carbonyl (C=O) groups is 6. The summed E-state index contributed by atoms with van der Waals surface area (Å²) in [5.74, 6) is -4.48. The molecule has 0 aliphatic carbocycles. The zero-order chi connectivity index (χ0) is 108. The van der Waals surface area contributed by atoms with E-state index in [1.165, 1.54) is 91.0 Å². The Balaban J connectivity index is 0.000000212. The van der Waals surface area contributed by atoms with Gasteiger partial charge in [0.25, 0.3) is 0 Å². The number of carbonyl (C=O) groups excluding carboxylic acids is 3. The quantitative estimate of drug-likeness (QED) is 0.00708. The molecule has 740 valence electrons. The van der Waals surface area contributed by atoms with Crippen LogP contribution < -0.4 is 33.9 Å². The van der Waals surface area contributed by atoms with Gasteiger partial charge in [-0.15, -0.1) is 0 Å². The van der Waals surface area contributed by atoms with Crippen LogP contribution in [0.3, 0.4) is 0 Å². The van der Waals surface area contributed by atoms with Crippen molar-refractivity contribution in [2.75, 3.05) is 21.3 Å². The number of nitriles is 6. The minimum atomic E-state index is -1.40. The third-order valence-electron chi connectivity index (χ3n) is 19.9. The molecule has 0 spiro atoms. The van der Waals surface area contributed by atoms with Gasteiger partial charge in [0, 0.05) is 20.3 Å². The molecule has 0 aliphatic heterocycles. The Hall–Kier alpha value is -18.4. The Morgan fingerprint density at radius 3 is 0.743 bits per heavy atom. The van der Waals surface area contributed by atoms with E-state index in [0.717, 1.165) is 59.6 Å². The van der Waals surface area contributed by atoms with E-state index in [1.54, 1.807) is 215 Å². The van der Waals surface area contributed by atoms with Gasteiger partial charge in [0.15, 0.2) is 0 Å². The van der Waals surface area contributed by atoms with Crippen LogP contribution in [-0.4, -0.2) is 99.8 Å². The number of hydrogen-bond donors (Lipinski definition) is 7. The van der Waals surface area contributed by atoms with Crippen molar-refractivity contribution in [1.82, 2.24) is 0 Å². The van der Waals surface area contributed by atoms with E-state index in [9.17, 15) is 55.8 Å². The molecule has 0 amide bonds. The fourth-order valence-electron chi connectivity index (χ4n) is 12.4. The van der Waals surface area contributed by atoms with Crippen molar-refractivity contribution in [3.05, 3.63) is 433 Å². The van der Waals surface area contributed by atoms with Gasteiger partial charge in [-0.3, -0.25) is 28.8 Å². The number of ether oxygens (including phenoxy) is 6. The second kappa shape index (κ2) is 59.5. The van der Waals surface area contributed by atoms with Crippen molar-refractivity contribution < 1.29 is 115 Å². The van der Waals surface area contributed by atoms with Crippen LogP contribution in [-0.2, 0) is 28.8 Å². The van der Waals surface area contributed by atoms with Gasteiger partial charge in [0.1, 0.15) is 94.3 Å². The van der Waals surface area contributed by atoms with Crippen molar-refractivity contribution in [2.45, 2.75) is 19.3 Å². The van der Waals surface area contributed by atoms with E-state index in [-0.39, 0.29) is 52.0 Å². The Kier molecular flexibility index (Phi) is 46.2. The first kappa shape index (κ1) is 115. The van der Waals surface area contributed by atoms with Crippen LogP contribution in [0.2, 0.25) is 0 Å². The number of aromatic hydroxyl groups is 2. The molecule has 16 aromatic carbocycles. The average Bonchev–Trinajstić information content (AvgIpc) is 0.818. The van der Waals surface area contributed by atoms with Gasteiger partial charge in [-0.2, -0.15) is 31.6 Å². The largest absolute Gasteiger partial charge is 0.508 e. The molecule has 0 saturated heterocycles. The maximum absolute atomic E-state index is 14.8. The van der Waals surface area contributed by atoms with Crippen molar-refractivity contribution in [3.63, 3.8) is 0 Å². The second-order valence-electron chi connectivity index (χ2n) is 30.1. The number of hydrogen-bond acceptors (Lipinski definition) is 22. The molecule has 0 radical (unpaired) electrons. The highest BCUT2D eigenvalue weighted by Crippen LogP contribution is 2.35. The molecule has 0 saturated carbocycles. The molecule has 148 heavy (non-hydrogen) atoms. The molecular weight excluding hydrogens is 2150 g/mol. The van der Waals surface area contributed by atoms with E-state index >= 15 is 0 Å². The zero-order valence-corrected chi connectivity index (χ0v) is 83.3. The van der Waals surface area contributed by atoms with Crippen LogP contribution in [0.4, 0.5) is 22.0 Å². The van der Waals surface area contributed by atoms with E-state index in [1.807, 2.05) is 103 Å². The van der Waals surface area contributed by atoms with Crippen molar-refractivity contribution >= 4 is 103 Å². The molecule has 16 aromatic rings. The summed E-state index contributed by atoms with van der Waals surface area (Å²) in [6, 6.07) is 110. The van der Waals surface area contributed by atoms with Crippen LogP contribution in [0.1, 0.15) is 52.6 Å². The lowest BCUT2D eigenvalue weighted by atomic mass is 9.80. The number of carboxylic acid groups (broad SMARTS) is 3. The fraction of sp³-hybridized carbons (Fsp3) is 0.0526. The summed E-state index contributed by atoms with van der Waals surface area (Å²) < 4.78 is 101. The highest BCUT2D eigenvalue weighted by Gasteiger charge is 2.19. The molecule has 34 heteroatoms. The molecule has 0 aliphatic rings. The standard InChI is InChI=1S/C29H17FN2O4.C20H14FNO.C19H12FNO.C13H10BrFO.C10H7NO4.C7H9BO3.C7H5NO.C6H3BrFI.C3H4O4/c30-27-15-23(9-14-26(27)22-5-1-19(17-31)2-6-22)21-7-12-25(13-8-21)36-29(34)16-28(33)35-24-10-3-20(18-32)4-11-24;1-23-18-9-6-15(7-10-18)17-8-11-19(20(21)12-17)16-4-2-14(13-22)3-5-16;20-19-11-16(14-5-8-17(22)9-6-14)7-10-18(19)15-3-1-13(12-21)2-4-15;1-16-11-5-2-9(3-6-11)10-4-7-12(14)13(15)8-10;11-6-7-1-3-8(4-2-7)15-10(14)5-9(12)13;1-11-7-4-2-6(3-5-7)8(9)10;8-5-6-1-3-7(9)4-2-6;7-5-2-1-4(9)3-6(5)8;4-2(5)1-3(6)7/h1-15H,16H2;2-12H,1H3;1-11,22H;2-8H,1H3;1-4H,5H2,(H,12,13);2-5,9-10H,1H3;1-4,9H;1-3H;1H2,(H,4,5)(H,6,7). The Morgan fingerprint density at radius 1 is 0.277 bits per heavy atom. The molecule has 0 unspecified atom stereocenters. The minimum Gasteiger partial charge on any atom is -0.508 e. The normalized spacial score (nSPS) is 9.72. The van der Waals surface area contributed by atoms with Gasteiger partial charge in [-0.25, -0.2) is 22.0 Å². The van der Waals surface area contributed by atoms with Crippen molar-refractivity contribution in [3.8, 4) is 160 Å². The lowest BCUT2D eigenvalue weighted by Crippen LogP contribution is -2.29. The van der Waals surface area contributed by atoms with Crippen LogP contribution in [0.5, 0.6) is 46.0 Å². The summed E-state index contributed by atoms with van der Waals surface area (Å²) in [5.41, 5.74) is 13.5. The maximum Gasteiger partial charge on any atom is 0.488 e. The molecule has 0 heterocycles. The van der Waals surface area contributed by atoms with Crippen LogP contribution >= 0.6 is 54.5 Å². The number of carboxylic acids is 3. The number of phenolic OH excluding ortho intramolecular Hbond substituents is 2. The Labute approximate surface area is 876 Å². The Morgan fingerprint density at radius 2 is 0.493 bits per heavy atom. The molecule has 0 fully saturated rings. The first-order valence-corrected chi connectivity index (χ1v) is 45.8. The van der Waals surface area contributed by atoms with E-state index < -0.39 is 68.0 Å². The summed E-state index contributed by atoms with van der Waals surface area (Å²) >= 11 is 8.24. The molecular formula is C114H81BBr2F5IN6O19. The van der Waals surface area contributed by atoms with E-state index in [2.05, 4.69) is 60.5 Å². The number of methoxy groups -OCH3 is 3. The summed E-state index contributed by atoms with van der Waals surface area (Å²) in [6.45, 7) is 0. The highest BCUT2D eigenvalue weighted by molar-refractivity contribution is 14.1. The van der Waals surface area contributed by atoms with Gasteiger partial charge in [0.2, 0.25) is 0 Å². The second-order valence-corrected chi connectivity index (χ2v) is 33.0. The number of rotatable bonds is 20. The van der Waals surface area contributed by atoms with Crippen LogP contribution in [0, 0.1) is 101 Å². The lowest BCUT2D eigenvalue weighted by molar-refractivity contribution is -0.148. The van der Waals surface area contributed by atoms with E-state index in [4.69, 9.17) is 90.5 Å². The van der Waals surface area contributed by atoms with Gasteiger partial charge >= 0.3 is 42.9 Å². The third kappa shape index (κ3) is 38.5. The number of aliphatic carboxylic acids is 3. The van der Waals surface area contributed by atoms with Gasteiger partial charge < -0.3 is 64.0 Å². The van der Waals surface area contributed by atoms with Crippen molar-refractivity contribution in [1.29, 1.82) is 31.6 Å². The van der Waals surface area contributed by atoms with Gasteiger partial charge in [0.05, 0.1) is 100 Å². The van der Waals surface area contributed by atoms with Gasteiger partial charge in [-0.1, -0.05) is 140 Å². The monoisotopic (exact) mass is 2230 g/mol. The SMILES string of the molecule is COc1ccc(-c2ccc(-c3ccc(C#N)cc3)c(F)c2)cc1.COc1ccc(-c2ccc(Br)c(F)c2)cc1.COc1ccc(B(O)O)cc1.Fc1cc(I)ccc1Br.N#Cc1ccc(-c2ccc(-c3ccc(O)cc3)cc2F)cc1.N#Cc1ccc(O)cc1.N#Cc1ccc(OC(=O)CC(=O)O)cc1.N#Cc1ccc(OC(=O)CC(=O)Oc2ccc(-c3ccc(-c4ccc(C#N)cc4)c(F)c3)cc2)cc1.O=C(O)CC(=O)O. The smallest absolute Gasteiger partial charge is 0.488 e. The predicted octanol–water partition coefficient (Wildman–Crippen LogP) is 24.2. The average molecular weight is 2230 g/mol. The summed E-state index contributed by atoms with van der Waals surface area (Å²) in [7, 11) is 3.39. The minimum absolute atomic E-state index is 0.179. The van der Waals surface area contributed by atoms with Gasteiger partial charge in [-0.05, 0) is 340 Å². The number of halogens is 8. The fourth-order valence-corrected chi connectivity index (χ4v) is 13.4. The van der Waals surface area contributed by atoms with E-state index in [0.29, 0.717) is 86.9 Å². The molecule has 25 nitrogen and oxygen atoms in total. The predicted molar refractivity (Wildman–Crippen MR) is 559 cm³/mol. The Bertz CT molecular complexity index is 7500. The topological polar surface area (TPSA) is 442 Å². The summed E-state index contributed by atoms with van der Waals surface area (Å²) in [4.78, 5) is 64.0. The number of esters is 3. The van der Waals surface area contributed by atoms with Crippen LogP contribution in [0.15, 0.2) is 367 Å². The first-order chi connectivity index (χ1) is 71.0. The number of benzene rings is 16. The third-order valence-corrected chi connectivity index (χ3v) is 21.8. The molecule has 0 bridgehead atoms. The summed E-state index contributed by atoms with van der Waals surface area (Å²) in [6.07, 6.45) is -2.08. The van der Waals surface area contributed by atoms with Crippen LogP contribution in [0.25, 0.3) is 77.9 Å². The molecule has 0 aromatic heterocycles. The first-order valence-electron chi connectivity index (χ1n) is 43.2. The zero-order valence-electron chi connectivity index (χ0n) is 78.0. The van der Waals surface area contributed by atoms with Crippen molar-refractivity contribution in [2.24, 2.45) is 0 Å². The number of nitrogens with zero attached hydrogens (tertiary/aromatic N) is 6. The molecule has 0 atom stereocenters. The number of phenols is 2. The lowest BCUT2D eigenvalue weighted by Gasteiger charge is -2.09. The highest BCUT2D eigenvalue weighted by atomic mass is 127. The molecule has 7 N–H and O–H groups in total. The summed E-state index contributed by atoms with van der Waals surface area (Å²) in [5, 5.41) is 111. The molecule has 16 rings (SSSR count). The maximum atomic E-state index is 14.8.